The maximum absolute atomic E-state index is 12.2. The molecule has 2 aromatic rings. The standard InChI is InChI=1S/C15H18N4O/c1-11(2)19-14-13(4-3-7-17-14)15(20)18-10-12-5-8-16-9-6-12/h3-9,11H,10H2,1-2H3,(H,17,19)(H,18,20). The van der Waals surface area contributed by atoms with Crippen molar-refractivity contribution in [2.45, 2.75) is 26.4 Å². The number of pyridine rings is 2. The van der Waals surface area contributed by atoms with Gasteiger partial charge >= 0.3 is 0 Å². The van der Waals surface area contributed by atoms with Gasteiger partial charge in [0.1, 0.15) is 5.82 Å². The van der Waals surface area contributed by atoms with Crippen LogP contribution in [0.1, 0.15) is 29.8 Å². The lowest BCUT2D eigenvalue weighted by atomic mass is 10.2. The van der Waals surface area contributed by atoms with Crippen LogP contribution < -0.4 is 10.6 Å². The summed E-state index contributed by atoms with van der Waals surface area (Å²) in [6.07, 6.45) is 5.08. The van der Waals surface area contributed by atoms with Gasteiger partial charge in [0, 0.05) is 31.2 Å². The molecule has 0 saturated carbocycles. The molecule has 5 nitrogen and oxygen atoms in total. The fourth-order valence-corrected chi connectivity index (χ4v) is 1.76. The van der Waals surface area contributed by atoms with Crippen LogP contribution in [0.3, 0.4) is 0 Å². The molecule has 0 aliphatic rings. The summed E-state index contributed by atoms with van der Waals surface area (Å²) in [4.78, 5) is 20.4. The molecule has 0 aliphatic carbocycles. The zero-order chi connectivity index (χ0) is 14.4. The smallest absolute Gasteiger partial charge is 0.255 e. The Balaban J connectivity index is 2.05. The van der Waals surface area contributed by atoms with Crippen molar-refractivity contribution in [1.29, 1.82) is 0 Å². The monoisotopic (exact) mass is 270 g/mol. The molecular weight excluding hydrogens is 252 g/mol. The first-order valence-electron chi connectivity index (χ1n) is 6.55. The van der Waals surface area contributed by atoms with E-state index in [9.17, 15) is 4.79 Å². The van der Waals surface area contributed by atoms with E-state index < -0.39 is 0 Å². The van der Waals surface area contributed by atoms with Gasteiger partial charge in [-0.25, -0.2) is 4.98 Å². The molecule has 0 radical (unpaired) electrons. The molecular formula is C15H18N4O. The van der Waals surface area contributed by atoms with Gasteiger partial charge in [0.2, 0.25) is 0 Å². The van der Waals surface area contributed by atoms with Crippen LogP contribution >= 0.6 is 0 Å². The number of nitrogens with zero attached hydrogens (tertiary/aromatic N) is 2. The normalized spacial score (nSPS) is 10.3. The van der Waals surface area contributed by atoms with Crippen LogP contribution in [0.4, 0.5) is 5.82 Å². The predicted molar refractivity (Wildman–Crippen MR) is 78.4 cm³/mol. The van der Waals surface area contributed by atoms with E-state index in [1.807, 2.05) is 26.0 Å². The van der Waals surface area contributed by atoms with Crippen molar-refractivity contribution in [2.75, 3.05) is 5.32 Å². The quantitative estimate of drug-likeness (QED) is 0.874. The van der Waals surface area contributed by atoms with E-state index in [4.69, 9.17) is 0 Å². The van der Waals surface area contributed by atoms with Crippen LogP contribution in [0, 0.1) is 0 Å². The van der Waals surface area contributed by atoms with Crippen LogP contribution in [0.15, 0.2) is 42.9 Å². The van der Waals surface area contributed by atoms with Crippen molar-refractivity contribution in [2.24, 2.45) is 0 Å². The first-order chi connectivity index (χ1) is 9.66. The van der Waals surface area contributed by atoms with Crippen molar-refractivity contribution in [3.05, 3.63) is 54.0 Å². The van der Waals surface area contributed by atoms with Crippen LogP contribution in [0.2, 0.25) is 0 Å². The second-order valence-electron chi connectivity index (χ2n) is 4.74. The van der Waals surface area contributed by atoms with Gasteiger partial charge in [-0.05, 0) is 43.7 Å². The van der Waals surface area contributed by atoms with E-state index in [0.29, 0.717) is 17.9 Å². The van der Waals surface area contributed by atoms with Gasteiger partial charge in [0.25, 0.3) is 5.91 Å². The Morgan fingerprint density at radius 1 is 1.20 bits per heavy atom. The van der Waals surface area contributed by atoms with Crippen molar-refractivity contribution in [1.82, 2.24) is 15.3 Å². The summed E-state index contributed by atoms with van der Waals surface area (Å²) < 4.78 is 0. The molecule has 20 heavy (non-hydrogen) atoms. The summed E-state index contributed by atoms with van der Waals surface area (Å²) in [5, 5.41) is 6.05. The van der Waals surface area contributed by atoms with Crippen LogP contribution in [-0.4, -0.2) is 21.9 Å². The zero-order valence-electron chi connectivity index (χ0n) is 11.6. The molecule has 0 fully saturated rings. The van der Waals surface area contributed by atoms with Crippen molar-refractivity contribution >= 4 is 11.7 Å². The van der Waals surface area contributed by atoms with E-state index in [1.165, 1.54) is 0 Å². The van der Waals surface area contributed by atoms with Gasteiger partial charge in [-0.15, -0.1) is 0 Å². The predicted octanol–water partition coefficient (Wildman–Crippen LogP) is 2.23. The number of anilines is 1. The highest BCUT2D eigenvalue weighted by Gasteiger charge is 2.12. The molecule has 2 aromatic heterocycles. The van der Waals surface area contributed by atoms with Gasteiger partial charge in [-0.2, -0.15) is 0 Å². The number of rotatable bonds is 5. The highest BCUT2D eigenvalue weighted by molar-refractivity contribution is 5.98. The summed E-state index contributed by atoms with van der Waals surface area (Å²) >= 11 is 0. The maximum Gasteiger partial charge on any atom is 0.255 e. The number of carbonyl (C=O) groups excluding carboxylic acids is 1. The Bertz CT molecular complexity index is 569. The van der Waals surface area contributed by atoms with Gasteiger partial charge in [0.05, 0.1) is 5.56 Å². The highest BCUT2D eigenvalue weighted by Crippen LogP contribution is 2.12. The van der Waals surface area contributed by atoms with E-state index in [2.05, 4.69) is 20.6 Å². The molecule has 0 unspecified atom stereocenters. The summed E-state index contributed by atoms with van der Waals surface area (Å²) in [7, 11) is 0. The van der Waals surface area contributed by atoms with Crippen LogP contribution in [-0.2, 0) is 6.54 Å². The average molecular weight is 270 g/mol. The highest BCUT2D eigenvalue weighted by atomic mass is 16.1. The number of aromatic nitrogens is 2. The summed E-state index contributed by atoms with van der Waals surface area (Å²) in [6, 6.07) is 7.48. The van der Waals surface area contributed by atoms with Gasteiger partial charge in [-0.3, -0.25) is 9.78 Å². The van der Waals surface area contributed by atoms with E-state index in [-0.39, 0.29) is 11.9 Å². The third kappa shape index (κ3) is 3.78. The SMILES string of the molecule is CC(C)Nc1ncccc1C(=O)NCc1ccncc1. The van der Waals surface area contributed by atoms with Gasteiger partial charge < -0.3 is 10.6 Å². The van der Waals surface area contributed by atoms with Crippen molar-refractivity contribution in [3.63, 3.8) is 0 Å². The average Bonchev–Trinajstić information content (AvgIpc) is 2.46. The minimum atomic E-state index is -0.141. The Kier molecular flexibility index (Phi) is 4.65. The number of carbonyl (C=O) groups is 1. The lowest BCUT2D eigenvalue weighted by Crippen LogP contribution is -2.25. The van der Waals surface area contributed by atoms with Crippen molar-refractivity contribution < 1.29 is 4.79 Å². The first kappa shape index (κ1) is 14.0. The Morgan fingerprint density at radius 3 is 2.65 bits per heavy atom. The van der Waals surface area contributed by atoms with Crippen LogP contribution in [0.25, 0.3) is 0 Å². The molecule has 104 valence electrons. The Hall–Kier alpha value is -2.43. The second kappa shape index (κ2) is 6.65. The summed E-state index contributed by atoms with van der Waals surface area (Å²) in [5.41, 5.74) is 1.56. The van der Waals surface area contributed by atoms with Crippen molar-refractivity contribution in [3.8, 4) is 0 Å². The van der Waals surface area contributed by atoms with E-state index in [0.717, 1.165) is 5.56 Å². The third-order valence-corrected chi connectivity index (χ3v) is 2.68. The largest absolute Gasteiger partial charge is 0.367 e. The van der Waals surface area contributed by atoms with E-state index >= 15 is 0 Å². The molecule has 1 amide bonds. The molecule has 0 bridgehead atoms. The molecule has 2 N–H and O–H groups in total. The number of amides is 1. The first-order valence-corrected chi connectivity index (χ1v) is 6.55. The van der Waals surface area contributed by atoms with E-state index in [1.54, 1.807) is 30.7 Å². The molecule has 0 aliphatic heterocycles. The minimum Gasteiger partial charge on any atom is -0.367 e. The number of hydrogen-bond donors (Lipinski definition) is 2. The zero-order valence-corrected chi connectivity index (χ0v) is 11.6. The minimum absolute atomic E-state index is 0.141. The molecule has 0 atom stereocenters. The lowest BCUT2D eigenvalue weighted by Gasteiger charge is -2.13. The fraction of sp³-hybridized carbons (Fsp3) is 0.267. The van der Waals surface area contributed by atoms with Gasteiger partial charge in [0.15, 0.2) is 0 Å². The fourth-order valence-electron chi connectivity index (χ4n) is 1.76. The maximum atomic E-state index is 12.2. The Morgan fingerprint density at radius 2 is 1.95 bits per heavy atom. The summed E-state index contributed by atoms with van der Waals surface area (Å²) in [6.45, 7) is 4.48. The molecule has 2 rings (SSSR count). The molecule has 0 saturated heterocycles. The summed E-state index contributed by atoms with van der Waals surface area (Å²) in [5.74, 6) is 0.466. The second-order valence-corrected chi connectivity index (χ2v) is 4.74. The van der Waals surface area contributed by atoms with Crippen LogP contribution in [0.5, 0.6) is 0 Å². The molecule has 2 heterocycles. The molecule has 5 heteroatoms. The lowest BCUT2D eigenvalue weighted by molar-refractivity contribution is 0.0951. The molecule has 0 spiro atoms. The number of hydrogen-bond acceptors (Lipinski definition) is 4. The topological polar surface area (TPSA) is 66.9 Å². The Labute approximate surface area is 118 Å². The molecule has 0 aromatic carbocycles. The third-order valence-electron chi connectivity index (χ3n) is 2.68. The number of nitrogens with one attached hydrogen (secondary N) is 2. The van der Waals surface area contributed by atoms with Gasteiger partial charge in [-0.1, -0.05) is 0 Å².